The van der Waals surface area contributed by atoms with E-state index in [-0.39, 0.29) is 5.28 Å². The minimum Gasteiger partial charge on any atom is -0.261 e. The van der Waals surface area contributed by atoms with Gasteiger partial charge >= 0.3 is 0 Å². The molecule has 108 valence electrons. The first-order chi connectivity index (χ1) is 10.1. The molecule has 0 radical (unpaired) electrons. The first-order valence-corrected chi connectivity index (χ1v) is 7.00. The van der Waals surface area contributed by atoms with Gasteiger partial charge in [0.1, 0.15) is 5.82 Å². The Labute approximate surface area is 125 Å². The van der Waals surface area contributed by atoms with E-state index in [4.69, 9.17) is 11.6 Å². The minimum absolute atomic E-state index is 0.189. The number of fused-ring (bicyclic) bond motifs is 1. The number of halogens is 2. The van der Waals surface area contributed by atoms with E-state index in [9.17, 15) is 4.39 Å². The summed E-state index contributed by atoms with van der Waals surface area (Å²) in [6.07, 6.45) is 5.34. The van der Waals surface area contributed by atoms with Crippen LogP contribution in [0, 0.1) is 5.82 Å². The van der Waals surface area contributed by atoms with Crippen molar-refractivity contribution in [3.8, 4) is 11.4 Å². The molecule has 0 N–H and O–H groups in total. The van der Waals surface area contributed by atoms with E-state index in [1.807, 2.05) is 0 Å². The van der Waals surface area contributed by atoms with E-state index in [1.54, 1.807) is 6.20 Å². The number of rotatable bonds is 3. The normalized spacial score (nSPS) is 12.8. The van der Waals surface area contributed by atoms with Gasteiger partial charge in [0.15, 0.2) is 11.5 Å². The van der Waals surface area contributed by atoms with Gasteiger partial charge < -0.3 is 0 Å². The summed E-state index contributed by atoms with van der Waals surface area (Å²) in [6, 6.07) is 1.33. The second-order valence-corrected chi connectivity index (χ2v) is 5.19. The van der Waals surface area contributed by atoms with Gasteiger partial charge in [-0.05, 0) is 30.0 Å². The van der Waals surface area contributed by atoms with E-state index in [2.05, 4.69) is 33.9 Å². The molecule has 0 amide bonds. The van der Waals surface area contributed by atoms with Crippen LogP contribution < -0.4 is 0 Å². The second kappa shape index (κ2) is 5.37. The molecule has 0 fully saturated rings. The van der Waals surface area contributed by atoms with Crippen LogP contribution in [0.1, 0.15) is 31.7 Å². The Morgan fingerprint density at radius 3 is 2.81 bits per heavy atom. The number of hydrogen-bond acceptors (Lipinski definition) is 4. The molecule has 3 aromatic rings. The lowest BCUT2D eigenvalue weighted by Gasteiger charge is -2.07. The highest BCUT2D eigenvalue weighted by molar-refractivity contribution is 6.28. The zero-order valence-corrected chi connectivity index (χ0v) is 12.3. The monoisotopic (exact) mass is 305 g/mol. The molecule has 0 saturated carbocycles. The van der Waals surface area contributed by atoms with Gasteiger partial charge in [0.05, 0.1) is 12.4 Å². The SMILES string of the molecule is CCC(C)c1cnn2c(Cl)nc(-c3cncc(F)c3)nc12. The standard InChI is InChI=1S/C14H13ClFN5/c1-3-8(2)11-7-18-21-13(11)19-12(20-14(21)15)9-4-10(16)6-17-5-9/h4-8H,3H2,1-2H3. The molecule has 0 bridgehead atoms. The average Bonchev–Trinajstić information content (AvgIpc) is 2.91. The van der Waals surface area contributed by atoms with Crippen LogP contribution in [-0.4, -0.2) is 24.6 Å². The van der Waals surface area contributed by atoms with E-state index in [0.29, 0.717) is 23.0 Å². The Morgan fingerprint density at radius 2 is 2.10 bits per heavy atom. The number of nitrogens with zero attached hydrogens (tertiary/aromatic N) is 5. The molecular formula is C14H13ClFN5. The smallest absolute Gasteiger partial charge is 0.227 e. The van der Waals surface area contributed by atoms with Crippen LogP contribution in [0.2, 0.25) is 5.28 Å². The largest absolute Gasteiger partial charge is 0.261 e. The minimum atomic E-state index is -0.442. The summed E-state index contributed by atoms with van der Waals surface area (Å²) in [5, 5.41) is 4.40. The van der Waals surface area contributed by atoms with E-state index in [0.717, 1.165) is 18.2 Å². The summed E-state index contributed by atoms with van der Waals surface area (Å²) in [7, 11) is 0. The Balaban J connectivity index is 2.21. The molecule has 7 heteroatoms. The molecule has 3 rings (SSSR count). The third-order valence-electron chi connectivity index (χ3n) is 3.46. The Kier molecular flexibility index (Phi) is 3.55. The van der Waals surface area contributed by atoms with Crippen LogP contribution in [-0.2, 0) is 0 Å². The zero-order valence-electron chi connectivity index (χ0n) is 11.6. The molecule has 0 aliphatic rings. The molecule has 0 spiro atoms. The van der Waals surface area contributed by atoms with Crippen molar-refractivity contribution in [2.75, 3.05) is 0 Å². The maximum absolute atomic E-state index is 13.3. The van der Waals surface area contributed by atoms with E-state index in [1.165, 1.54) is 16.8 Å². The highest BCUT2D eigenvalue weighted by atomic mass is 35.5. The van der Waals surface area contributed by atoms with Gasteiger partial charge in [-0.15, -0.1) is 0 Å². The maximum atomic E-state index is 13.3. The first kappa shape index (κ1) is 13.9. The third kappa shape index (κ3) is 2.47. The molecule has 0 aliphatic heterocycles. The highest BCUT2D eigenvalue weighted by Crippen LogP contribution is 2.26. The molecule has 0 aromatic carbocycles. The molecule has 3 aromatic heterocycles. The Hall–Kier alpha value is -2.08. The van der Waals surface area contributed by atoms with Crippen molar-refractivity contribution in [1.29, 1.82) is 0 Å². The number of hydrogen-bond donors (Lipinski definition) is 0. The lowest BCUT2D eigenvalue weighted by Crippen LogP contribution is -2.01. The molecule has 0 saturated heterocycles. The predicted octanol–water partition coefficient (Wildman–Crippen LogP) is 3.49. The first-order valence-electron chi connectivity index (χ1n) is 6.62. The van der Waals surface area contributed by atoms with Gasteiger partial charge in [-0.3, -0.25) is 4.98 Å². The second-order valence-electron chi connectivity index (χ2n) is 4.85. The predicted molar refractivity (Wildman–Crippen MR) is 77.7 cm³/mol. The van der Waals surface area contributed by atoms with Crippen LogP contribution in [0.5, 0.6) is 0 Å². The van der Waals surface area contributed by atoms with Crippen LogP contribution in [0.15, 0.2) is 24.7 Å². The van der Waals surface area contributed by atoms with Crippen molar-refractivity contribution in [1.82, 2.24) is 24.6 Å². The number of pyridine rings is 1. The van der Waals surface area contributed by atoms with Gasteiger partial charge in [-0.1, -0.05) is 13.8 Å². The summed E-state index contributed by atoms with van der Waals surface area (Å²) in [4.78, 5) is 12.4. The van der Waals surface area contributed by atoms with E-state index >= 15 is 0 Å². The summed E-state index contributed by atoms with van der Waals surface area (Å²) in [5.74, 6) is 0.194. The number of aromatic nitrogens is 5. The molecule has 3 heterocycles. The summed E-state index contributed by atoms with van der Waals surface area (Å²) >= 11 is 6.15. The van der Waals surface area contributed by atoms with Crippen LogP contribution in [0.4, 0.5) is 4.39 Å². The average molecular weight is 306 g/mol. The molecule has 0 aliphatic carbocycles. The fraction of sp³-hybridized carbons (Fsp3) is 0.286. The fourth-order valence-corrected chi connectivity index (χ4v) is 2.30. The Bertz CT molecular complexity index is 801. The summed E-state index contributed by atoms with van der Waals surface area (Å²) < 4.78 is 14.8. The Morgan fingerprint density at radius 1 is 1.29 bits per heavy atom. The van der Waals surface area contributed by atoms with Gasteiger partial charge in [0.2, 0.25) is 5.28 Å². The van der Waals surface area contributed by atoms with Crippen molar-refractivity contribution in [2.24, 2.45) is 0 Å². The molecule has 1 atom stereocenters. The van der Waals surface area contributed by atoms with Gasteiger partial charge in [-0.25, -0.2) is 9.37 Å². The van der Waals surface area contributed by atoms with Crippen molar-refractivity contribution in [3.63, 3.8) is 0 Å². The van der Waals surface area contributed by atoms with E-state index < -0.39 is 5.82 Å². The third-order valence-corrected chi connectivity index (χ3v) is 3.71. The molecule has 5 nitrogen and oxygen atoms in total. The highest BCUT2D eigenvalue weighted by Gasteiger charge is 2.16. The lowest BCUT2D eigenvalue weighted by molar-refractivity contribution is 0.622. The quantitative estimate of drug-likeness (QED) is 0.743. The summed E-state index contributed by atoms with van der Waals surface area (Å²) in [5.41, 5.74) is 2.12. The maximum Gasteiger partial charge on any atom is 0.227 e. The molecule has 1 unspecified atom stereocenters. The zero-order chi connectivity index (χ0) is 15.0. The van der Waals surface area contributed by atoms with Crippen molar-refractivity contribution < 1.29 is 4.39 Å². The van der Waals surface area contributed by atoms with Crippen LogP contribution in [0.25, 0.3) is 17.0 Å². The summed E-state index contributed by atoms with van der Waals surface area (Å²) in [6.45, 7) is 4.19. The topological polar surface area (TPSA) is 56.0 Å². The molecule has 21 heavy (non-hydrogen) atoms. The van der Waals surface area contributed by atoms with Gasteiger partial charge in [-0.2, -0.15) is 14.6 Å². The van der Waals surface area contributed by atoms with Gasteiger partial charge in [0, 0.05) is 17.3 Å². The van der Waals surface area contributed by atoms with Crippen molar-refractivity contribution >= 4 is 17.2 Å². The van der Waals surface area contributed by atoms with Crippen molar-refractivity contribution in [2.45, 2.75) is 26.2 Å². The van der Waals surface area contributed by atoms with Gasteiger partial charge in [0.25, 0.3) is 0 Å². The van der Waals surface area contributed by atoms with Crippen molar-refractivity contribution in [3.05, 3.63) is 41.3 Å². The fourth-order valence-electron chi connectivity index (χ4n) is 2.09. The molecular weight excluding hydrogens is 293 g/mol. The van der Waals surface area contributed by atoms with Crippen LogP contribution >= 0.6 is 11.6 Å². The lowest BCUT2D eigenvalue weighted by atomic mass is 10.0. The van der Waals surface area contributed by atoms with Crippen LogP contribution in [0.3, 0.4) is 0 Å².